The van der Waals surface area contributed by atoms with E-state index in [9.17, 15) is 4.79 Å². The van der Waals surface area contributed by atoms with Gasteiger partial charge in [0.25, 0.3) is 6.29 Å². The van der Waals surface area contributed by atoms with E-state index in [0.29, 0.717) is 28.4 Å². The van der Waals surface area contributed by atoms with E-state index in [2.05, 4.69) is 0 Å². The van der Waals surface area contributed by atoms with Crippen molar-refractivity contribution in [3.05, 3.63) is 34.5 Å². The quantitative estimate of drug-likeness (QED) is 0.717. The Morgan fingerprint density at radius 2 is 2.06 bits per heavy atom. The van der Waals surface area contributed by atoms with Crippen molar-refractivity contribution in [3.8, 4) is 0 Å². The first-order valence-corrected chi connectivity index (χ1v) is 5.06. The summed E-state index contributed by atoms with van der Waals surface area (Å²) in [5.74, 6) is 1.89. The van der Waals surface area contributed by atoms with Crippen molar-refractivity contribution in [2.45, 2.75) is 27.1 Å². The van der Waals surface area contributed by atoms with Crippen LogP contribution in [0.5, 0.6) is 0 Å². The summed E-state index contributed by atoms with van der Waals surface area (Å²) in [6.45, 7) is 5.11. The molecule has 1 atom stereocenters. The third-order valence-electron chi connectivity index (χ3n) is 2.60. The average molecular weight is 222 g/mol. The molecule has 0 aliphatic carbocycles. The molecule has 2 heterocycles. The first-order valence-electron chi connectivity index (χ1n) is 5.06. The summed E-state index contributed by atoms with van der Waals surface area (Å²) in [6, 6.07) is 0. The zero-order chi connectivity index (χ0) is 11.9. The summed E-state index contributed by atoms with van der Waals surface area (Å²) in [6.07, 6.45) is 1.17. The van der Waals surface area contributed by atoms with Gasteiger partial charge in [-0.2, -0.15) is 0 Å². The fourth-order valence-corrected chi connectivity index (χ4v) is 1.93. The van der Waals surface area contributed by atoms with Gasteiger partial charge in [-0.1, -0.05) is 0 Å². The molecule has 86 valence electrons. The lowest BCUT2D eigenvalue weighted by Gasteiger charge is -2.22. The second-order valence-corrected chi connectivity index (χ2v) is 3.80. The Labute approximate surface area is 94.2 Å². The van der Waals surface area contributed by atoms with E-state index >= 15 is 0 Å². The van der Waals surface area contributed by atoms with E-state index < -0.39 is 6.29 Å². The van der Waals surface area contributed by atoms with Gasteiger partial charge in [-0.25, -0.2) is 0 Å². The number of Topliss-reactive ketones (excluding diaryl/α,β-unsaturated/α-hetero) is 1. The number of rotatable bonds is 2. The fraction of sp³-hybridized carbons (Fsp3) is 0.417. The van der Waals surface area contributed by atoms with Gasteiger partial charge in [0.1, 0.15) is 5.76 Å². The minimum absolute atomic E-state index is 0.0181. The predicted molar refractivity (Wildman–Crippen MR) is 57.1 cm³/mol. The van der Waals surface area contributed by atoms with Gasteiger partial charge in [0.15, 0.2) is 11.5 Å². The van der Waals surface area contributed by atoms with Crippen LogP contribution in [0.1, 0.15) is 20.8 Å². The summed E-state index contributed by atoms with van der Waals surface area (Å²) in [5, 5.41) is 0. The van der Waals surface area contributed by atoms with Crippen LogP contribution in [0, 0.1) is 0 Å². The lowest BCUT2D eigenvalue weighted by Crippen LogP contribution is -2.21. The second-order valence-electron chi connectivity index (χ2n) is 3.80. The van der Waals surface area contributed by atoms with E-state index in [1.165, 1.54) is 6.92 Å². The minimum atomic E-state index is -0.543. The number of carbonyl (C=O) groups is 1. The maximum absolute atomic E-state index is 11.6. The van der Waals surface area contributed by atoms with E-state index in [1.807, 2.05) is 0 Å². The molecule has 0 aromatic heterocycles. The third-order valence-corrected chi connectivity index (χ3v) is 2.60. The molecule has 0 aromatic rings. The lowest BCUT2D eigenvalue weighted by atomic mass is 10.0. The van der Waals surface area contributed by atoms with Gasteiger partial charge in [0.2, 0.25) is 0 Å². The topological polar surface area (TPSA) is 44.8 Å². The maximum Gasteiger partial charge on any atom is 0.271 e. The molecule has 0 fully saturated rings. The van der Waals surface area contributed by atoms with Crippen molar-refractivity contribution >= 4 is 5.78 Å². The van der Waals surface area contributed by atoms with Crippen molar-refractivity contribution < 1.29 is 19.0 Å². The van der Waals surface area contributed by atoms with Gasteiger partial charge in [-0.05, 0) is 26.8 Å². The van der Waals surface area contributed by atoms with E-state index in [1.54, 1.807) is 27.0 Å². The Hall–Kier alpha value is -1.71. The van der Waals surface area contributed by atoms with Crippen LogP contribution >= 0.6 is 0 Å². The smallest absolute Gasteiger partial charge is 0.271 e. The molecule has 0 saturated heterocycles. The normalized spacial score (nSPS) is 23.5. The Balaban J connectivity index is 2.57. The summed E-state index contributed by atoms with van der Waals surface area (Å²) < 4.78 is 16.2. The molecule has 2 aliphatic rings. The first-order chi connectivity index (χ1) is 7.54. The van der Waals surface area contributed by atoms with Gasteiger partial charge in [0.05, 0.1) is 18.4 Å². The van der Waals surface area contributed by atoms with Crippen molar-refractivity contribution in [2.24, 2.45) is 0 Å². The van der Waals surface area contributed by atoms with Crippen molar-refractivity contribution in [1.29, 1.82) is 0 Å². The molecule has 0 amide bonds. The Kier molecular flexibility index (Phi) is 2.50. The van der Waals surface area contributed by atoms with Gasteiger partial charge < -0.3 is 14.2 Å². The van der Waals surface area contributed by atoms with Crippen LogP contribution in [0.15, 0.2) is 34.5 Å². The monoisotopic (exact) mass is 222 g/mol. The zero-order valence-electron chi connectivity index (χ0n) is 9.79. The molecule has 0 N–H and O–H groups in total. The summed E-state index contributed by atoms with van der Waals surface area (Å²) >= 11 is 0. The molecule has 16 heavy (non-hydrogen) atoms. The molecule has 2 aliphatic heterocycles. The number of ether oxygens (including phenoxy) is 3. The number of hydrogen-bond donors (Lipinski definition) is 0. The maximum atomic E-state index is 11.6. The van der Waals surface area contributed by atoms with Crippen LogP contribution in [-0.2, 0) is 19.0 Å². The van der Waals surface area contributed by atoms with Crippen LogP contribution in [0.2, 0.25) is 0 Å². The number of ketones is 1. The van der Waals surface area contributed by atoms with Gasteiger partial charge in [-0.3, -0.25) is 4.79 Å². The predicted octanol–water partition coefficient (Wildman–Crippen LogP) is 2.04. The van der Waals surface area contributed by atoms with Gasteiger partial charge in [0, 0.05) is 5.57 Å². The summed E-state index contributed by atoms with van der Waals surface area (Å²) in [5.41, 5.74) is 1.29. The molecule has 4 heteroatoms. The molecule has 0 saturated carbocycles. The number of hydrogen-bond acceptors (Lipinski definition) is 4. The molecule has 0 bridgehead atoms. The number of methoxy groups -OCH3 is 1. The minimum Gasteiger partial charge on any atom is -0.493 e. The zero-order valence-corrected chi connectivity index (χ0v) is 9.79. The highest BCUT2D eigenvalue weighted by Gasteiger charge is 2.37. The molecule has 4 nitrogen and oxygen atoms in total. The highest BCUT2D eigenvalue weighted by atomic mass is 16.7. The lowest BCUT2D eigenvalue weighted by molar-refractivity contribution is -0.114. The molecule has 0 aromatic carbocycles. The third kappa shape index (κ3) is 1.50. The highest BCUT2D eigenvalue weighted by molar-refractivity contribution is 5.98. The molecule has 2 rings (SSSR count). The summed E-state index contributed by atoms with van der Waals surface area (Å²) in [4.78, 5) is 11.6. The standard InChI is InChI=1S/C12H14O4/c1-6-5-9(7(2)13)10-11(14-4)8(3)16-12(10)15-6/h5,12H,1-4H3. The first kappa shape index (κ1) is 10.8. The highest BCUT2D eigenvalue weighted by Crippen LogP contribution is 2.38. The Bertz CT molecular complexity index is 440. The van der Waals surface area contributed by atoms with Crippen molar-refractivity contribution in [3.63, 3.8) is 0 Å². The van der Waals surface area contributed by atoms with Crippen molar-refractivity contribution in [2.75, 3.05) is 7.11 Å². The van der Waals surface area contributed by atoms with Crippen LogP contribution in [-0.4, -0.2) is 19.2 Å². The molecular formula is C12H14O4. The molecule has 0 radical (unpaired) electrons. The van der Waals surface area contributed by atoms with E-state index in [0.717, 1.165) is 0 Å². The SMILES string of the molecule is COC1=C(C)OC2OC(C)=CC(C(C)=O)=C12. The Morgan fingerprint density at radius 1 is 1.38 bits per heavy atom. The number of allylic oxidation sites excluding steroid dienone is 4. The van der Waals surface area contributed by atoms with Crippen molar-refractivity contribution in [1.82, 2.24) is 0 Å². The molecule has 1 unspecified atom stereocenters. The van der Waals surface area contributed by atoms with E-state index in [-0.39, 0.29) is 5.78 Å². The molecular weight excluding hydrogens is 208 g/mol. The fourth-order valence-electron chi connectivity index (χ4n) is 1.93. The average Bonchev–Trinajstić information content (AvgIpc) is 2.51. The van der Waals surface area contributed by atoms with Crippen LogP contribution < -0.4 is 0 Å². The van der Waals surface area contributed by atoms with Crippen LogP contribution in [0.25, 0.3) is 0 Å². The number of carbonyl (C=O) groups excluding carboxylic acids is 1. The largest absolute Gasteiger partial charge is 0.493 e. The van der Waals surface area contributed by atoms with Gasteiger partial charge in [-0.15, -0.1) is 0 Å². The van der Waals surface area contributed by atoms with E-state index in [4.69, 9.17) is 14.2 Å². The number of fused-ring (bicyclic) bond motifs is 1. The summed E-state index contributed by atoms with van der Waals surface area (Å²) in [7, 11) is 1.56. The van der Waals surface area contributed by atoms with Crippen LogP contribution in [0.3, 0.4) is 0 Å². The Morgan fingerprint density at radius 3 is 2.62 bits per heavy atom. The second kappa shape index (κ2) is 3.70. The van der Waals surface area contributed by atoms with Gasteiger partial charge >= 0.3 is 0 Å². The van der Waals surface area contributed by atoms with Crippen LogP contribution in [0.4, 0.5) is 0 Å². The molecule has 0 spiro atoms.